The van der Waals surface area contributed by atoms with Crippen LogP contribution in [0.2, 0.25) is 0 Å². The molecule has 1 fully saturated rings. The smallest absolute Gasteiger partial charge is 0.178 e. The summed E-state index contributed by atoms with van der Waals surface area (Å²) < 4.78 is 4.62. The zero-order valence-electron chi connectivity index (χ0n) is 4.66. The number of carbonyl (C=O) groups excluding carboxylic acids is 2. The lowest BCUT2D eigenvalue weighted by Gasteiger charge is -2.13. The number of ether oxygens (including phenoxy) is 1. The molecule has 0 unspecified atom stereocenters. The van der Waals surface area contributed by atoms with Crippen molar-refractivity contribution in [3.63, 3.8) is 0 Å². The molecule has 0 aromatic heterocycles. The highest BCUT2D eigenvalue weighted by Crippen LogP contribution is 2.04. The van der Waals surface area contributed by atoms with Crippen molar-refractivity contribution in [3.05, 3.63) is 0 Å². The zero-order chi connectivity index (χ0) is 6.85. The van der Waals surface area contributed by atoms with E-state index < -0.39 is 5.25 Å². The molecule has 0 aromatic carbocycles. The fourth-order valence-electron chi connectivity index (χ4n) is 0.590. The first-order valence-corrected chi connectivity index (χ1v) is 3.04. The SMILES string of the molecule is O=C1COCC(=O)C1S. The van der Waals surface area contributed by atoms with Gasteiger partial charge in [0.05, 0.1) is 0 Å². The molecule has 1 saturated heterocycles. The van der Waals surface area contributed by atoms with E-state index in [1.165, 1.54) is 0 Å². The molecule has 0 radical (unpaired) electrons. The van der Waals surface area contributed by atoms with Gasteiger partial charge in [0.2, 0.25) is 0 Å². The molecule has 9 heavy (non-hydrogen) atoms. The number of ketones is 2. The van der Waals surface area contributed by atoms with E-state index in [0.29, 0.717) is 0 Å². The molecule has 0 bridgehead atoms. The molecule has 1 rings (SSSR count). The predicted octanol–water partition coefficient (Wildman–Crippen LogP) is -0.547. The Balaban J connectivity index is 2.62. The fraction of sp³-hybridized carbons (Fsp3) is 0.600. The Morgan fingerprint density at radius 3 is 2.11 bits per heavy atom. The van der Waals surface area contributed by atoms with Gasteiger partial charge in [-0.3, -0.25) is 9.59 Å². The second kappa shape index (κ2) is 2.49. The summed E-state index contributed by atoms with van der Waals surface area (Å²) >= 11 is 3.77. The first kappa shape index (κ1) is 6.77. The van der Waals surface area contributed by atoms with Gasteiger partial charge >= 0.3 is 0 Å². The largest absolute Gasteiger partial charge is 0.366 e. The first-order chi connectivity index (χ1) is 4.22. The molecular formula is C5H6O3S. The van der Waals surface area contributed by atoms with Crippen LogP contribution in [-0.2, 0) is 14.3 Å². The highest BCUT2D eigenvalue weighted by molar-refractivity contribution is 7.82. The van der Waals surface area contributed by atoms with Gasteiger partial charge < -0.3 is 4.74 Å². The van der Waals surface area contributed by atoms with E-state index in [1.54, 1.807) is 0 Å². The van der Waals surface area contributed by atoms with Crippen LogP contribution in [0.1, 0.15) is 0 Å². The Morgan fingerprint density at radius 2 is 1.78 bits per heavy atom. The molecule has 0 N–H and O–H groups in total. The van der Waals surface area contributed by atoms with Crippen LogP contribution in [0.3, 0.4) is 0 Å². The van der Waals surface area contributed by atoms with E-state index in [2.05, 4.69) is 17.4 Å². The second-order valence-corrected chi connectivity index (χ2v) is 2.34. The van der Waals surface area contributed by atoms with Crippen molar-refractivity contribution in [1.29, 1.82) is 0 Å². The van der Waals surface area contributed by atoms with E-state index in [0.717, 1.165) is 0 Å². The number of hydrogen-bond acceptors (Lipinski definition) is 4. The maximum atomic E-state index is 10.6. The molecule has 1 aliphatic heterocycles. The van der Waals surface area contributed by atoms with Gasteiger partial charge in [-0.1, -0.05) is 0 Å². The first-order valence-electron chi connectivity index (χ1n) is 2.53. The van der Waals surface area contributed by atoms with E-state index >= 15 is 0 Å². The molecule has 1 aliphatic rings. The maximum Gasteiger partial charge on any atom is 0.178 e. The van der Waals surface area contributed by atoms with Gasteiger partial charge in [-0.2, -0.15) is 12.6 Å². The standard InChI is InChI=1S/C5H6O3S/c6-3-1-8-2-4(7)5(3)9/h5,9H,1-2H2. The summed E-state index contributed by atoms with van der Waals surface area (Å²) in [5.74, 6) is -0.482. The Morgan fingerprint density at radius 1 is 1.33 bits per heavy atom. The molecule has 0 aromatic rings. The highest BCUT2D eigenvalue weighted by Gasteiger charge is 2.26. The minimum Gasteiger partial charge on any atom is -0.366 e. The zero-order valence-corrected chi connectivity index (χ0v) is 5.56. The third kappa shape index (κ3) is 1.31. The molecule has 1 heterocycles. The van der Waals surface area contributed by atoms with Crippen molar-refractivity contribution in [2.24, 2.45) is 0 Å². The van der Waals surface area contributed by atoms with Gasteiger partial charge in [0.25, 0.3) is 0 Å². The number of carbonyl (C=O) groups is 2. The molecule has 0 saturated carbocycles. The Hall–Kier alpha value is -0.350. The molecule has 50 valence electrons. The van der Waals surface area contributed by atoms with Crippen LogP contribution in [0.15, 0.2) is 0 Å². The molecule has 0 spiro atoms. The van der Waals surface area contributed by atoms with Crippen LogP contribution >= 0.6 is 12.6 Å². The van der Waals surface area contributed by atoms with Crippen LogP contribution in [0.5, 0.6) is 0 Å². The van der Waals surface area contributed by atoms with E-state index in [-0.39, 0.29) is 24.8 Å². The van der Waals surface area contributed by atoms with Gasteiger partial charge in [-0.15, -0.1) is 0 Å². The van der Waals surface area contributed by atoms with Crippen molar-refractivity contribution in [2.45, 2.75) is 5.25 Å². The summed E-state index contributed by atoms with van der Waals surface area (Å²) in [6.07, 6.45) is 0. The minimum atomic E-state index is -0.737. The van der Waals surface area contributed by atoms with Crippen molar-refractivity contribution in [2.75, 3.05) is 13.2 Å². The number of Topliss-reactive ketones (excluding diaryl/α,β-unsaturated/α-hetero) is 2. The lowest BCUT2D eigenvalue weighted by molar-refractivity contribution is -0.137. The Kier molecular flexibility index (Phi) is 1.87. The summed E-state index contributed by atoms with van der Waals surface area (Å²) in [7, 11) is 0. The van der Waals surface area contributed by atoms with Crippen LogP contribution in [-0.4, -0.2) is 30.0 Å². The molecule has 0 atom stereocenters. The molecule has 3 nitrogen and oxygen atoms in total. The molecular weight excluding hydrogens is 140 g/mol. The van der Waals surface area contributed by atoms with Gasteiger partial charge in [0.1, 0.15) is 18.5 Å². The molecule has 4 heteroatoms. The maximum absolute atomic E-state index is 10.6. The third-order valence-corrected chi connectivity index (χ3v) is 1.67. The van der Waals surface area contributed by atoms with Crippen LogP contribution in [0.4, 0.5) is 0 Å². The fourth-order valence-corrected chi connectivity index (χ4v) is 0.739. The Labute approximate surface area is 57.8 Å². The van der Waals surface area contributed by atoms with E-state index in [1.807, 2.05) is 0 Å². The summed E-state index contributed by atoms with van der Waals surface area (Å²) in [5, 5.41) is -0.737. The quantitative estimate of drug-likeness (QED) is 0.368. The normalized spacial score (nSPS) is 22.8. The van der Waals surface area contributed by atoms with Gasteiger partial charge in [0, 0.05) is 0 Å². The number of hydrogen-bond donors (Lipinski definition) is 1. The average molecular weight is 146 g/mol. The lowest BCUT2D eigenvalue weighted by atomic mass is 10.2. The van der Waals surface area contributed by atoms with Crippen molar-refractivity contribution >= 4 is 24.2 Å². The highest BCUT2D eigenvalue weighted by atomic mass is 32.1. The van der Waals surface area contributed by atoms with Gasteiger partial charge in [-0.25, -0.2) is 0 Å². The van der Waals surface area contributed by atoms with Crippen molar-refractivity contribution < 1.29 is 14.3 Å². The monoisotopic (exact) mass is 146 g/mol. The van der Waals surface area contributed by atoms with Gasteiger partial charge in [0.15, 0.2) is 11.6 Å². The lowest BCUT2D eigenvalue weighted by Crippen LogP contribution is -2.37. The summed E-state index contributed by atoms with van der Waals surface area (Å²) in [4.78, 5) is 21.2. The summed E-state index contributed by atoms with van der Waals surface area (Å²) in [5.41, 5.74) is 0. The summed E-state index contributed by atoms with van der Waals surface area (Å²) in [6, 6.07) is 0. The second-order valence-electron chi connectivity index (χ2n) is 1.83. The van der Waals surface area contributed by atoms with E-state index in [4.69, 9.17) is 0 Å². The van der Waals surface area contributed by atoms with Crippen LogP contribution < -0.4 is 0 Å². The van der Waals surface area contributed by atoms with Gasteiger partial charge in [-0.05, 0) is 0 Å². The third-order valence-electron chi connectivity index (χ3n) is 1.10. The summed E-state index contributed by atoms with van der Waals surface area (Å²) in [6.45, 7) is 0.0554. The molecule has 0 aliphatic carbocycles. The van der Waals surface area contributed by atoms with Crippen molar-refractivity contribution in [1.82, 2.24) is 0 Å². The number of rotatable bonds is 0. The van der Waals surface area contributed by atoms with Crippen LogP contribution in [0.25, 0.3) is 0 Å². The average Bonchev–Trinajstić information content (AvgIpc) is 1.83. The van der Waals surface area contributed by atoms with Crippen molar-refractivity contribution in [3.8, 4) is 0 Å². The topological polar surface area (TPSA) is 43.4 Å². The van der Waals surface area contributed by atoms with Crippen LogP contribution in [0, 0.1) is 0 Å². The Bertz CT molecular complexity index is 138. The number of thiol groups is 1. The minimum absolute atomic E-state index is 0.0277. The van der Waals surface area contributed by atoms with E-state index in [9.17, 15) is 9.59 Å². The predicted molar refractivity (Wildman–Crippen MR) is 33.6 cm³/mol. The molecule has 0 amide bonds.